The van der Waals surface area contributed by atoms with Crippen LogP contribution in [0.25, 0.3) is 0 Å². The van der Waals surface area contributed by atoms with Crippen molar-refractivity contribution >= 4 is 23.9 Å². The SMILES string of the molecule is O=C(Oc1ccc(C(c2ccc(OC(=O)c3ccccc3)c(OC(=O)c3ccccc3)c2)(C(F)(F)F)C(F)(F)F)cc1OC(=O)c1ccccc1)c1ccccc1. The van der Waals surface area contributed by atoms with E-state index in [0.29, 0.717) is 24.3 Å². The molecular formula is C43H26F6O8. The number of hydrogen-bond acceptors (Lipinski definition) is 8. The third kappa shape index (κ3) is 8.39. The normalized spacial score (nSPS) is 11.6. The molecule has 0 aromatic heterocycles. The molecule has 0 heterocycles. The van der Waals surface area contributed by atoms with Crippen LogP contribution in [0.4, 0.5) is 26.3 Å². The van der Waals surface area contributed by atoms with Gasteiger partial charge in [-0.1, -0.05) is 84.9 Å². The van der Waals surface area contributed by atoms with E-state index in [0.717, 1.165) is 0 Å². The Labute approximate surface area is 319 Å². The molecule has 14 heteroatoms. The second-order valence-electron chi connectivity index (χ2n) is 12.1. The summed E-state index contributed by atoms with van der Waals surface area (Å²) < 4.78 is 114. The minimum absolute atomic E-state index is 0.0347. The number of carbonyl (C=O) groups is 4. The molecule has 8 nitrogen and oxygen atoms in total. The quantitative estimate of drug-likeness (QED) is 0.0768. The molecule has 0 amide bonds. The maximum atomic E-state index is 15.5. The molecule has 0 aliphatic rings. The van der Waals surface area contributed by atoms with Crippen molar-refractivity contribution in [2.45, 2.75) is 17.8 Å². The molecule has 0 aliphatic heterocycles. The fourth-order valence-electron chi connectivity index (χ4n) is 5.72. The standard InChI is InChI=1S/C43H26F6O8/c44-42(45,46)41(43(47,48)49,31-21-23-33(54-37(50)27-13-5-1-6-14-27)35(25-31)56-39(52)29-17-9-3-10-18-29)32-22-24-34(55-38(51)28-15-7-2-8-16-28)36(26-32)57-40(53)30-19-11-4-12-20-30/h1-26H. The zero-order chi connectivity index (χ0) is 40.8. The molecule has 0 saturated heterocycles. The van der Waals surface area contributed by atoms with Crippen LogP contribution in [0, 0.1) is 0 Å². The number of benzene rings is 6. The lowest BCUT2D eigenvalue weighted by Gasteiger charge is -2.38. The van der Waals surface area contributed by atoms with Crippen LogP contribution >= 0.6 is 0 Å². The molecule has 6 rings (SSSR count). The van der Waals surface area contributed by atoms with Crippen LogP contribution in [-0.2, 0) is 5.41 Å². The van der Waals surface area contributed by atoms with E-state index in [1.807, 2.05) is 0 Å². The van der Waals surface area contributed by atoms with Crippen molar-refractivity contribution in [3.05, 3.63) is 191 Å². The number of esters is 4. The van der Waals surface area contributed by atoms with Crippen molar-refractivity contribution in [1.82, 2.24) is 0 Å². The molecule has 0 atom stereocenters. The van der Waals surface area contributed by atoms with E-state index >= 15 is 26.3 Å². The van der Waals surface area contributed by atoms with Gasteiger partial charge >= 0.3 is 36.2 Å². The molecule has 0 saturated carbocycles. The van der Waals surface area contributed by atoms with Gasteiger partial charge in [-0.15, -0.1) is 0 Å². The minimum Gasteiger partial charge on any atom is -0.419 e. The summed E-state index contributed by atoms with van der Waals surface area (Å²) in [7, 11) is 0. The number of halogens is 6. The Balaban J connectivity index is 1.53. The number of alkyl halides is 6. The predicted octanol–water partition coefficient (Wildman–Crippen LogP) is 9.97. The summed E-state index contributed by atoms with van der Waals surface area (Å²) in [6, 6.07) is 31.1. The summed E-state index contributed by atoms with van der Waals surface area (Å²) in [6.45, 7) is 0. The van der Waals surface area contributed by atoms with Crippen molar-refractivity contribution < 1.29 is 64.5 Å². The van der Waals surface area contributed by atoms with Gasteiger partial charge in [-0.25, -0.2) is 19.2 Å². The fourth-order valence-corrected chi connectivity index (χ4v) is 5.72. The van der Waals surface area contributed by atoms with Gasteiger partial charge < -0.3 is 18.9 Å². The monoisotopic (exact) mass is 784 g/mol. The first kappa shape index (κ1) is 39.5. The molecule has 6 aromatic rings. The Hall–Kier alpha value is -7.22. The van der Waals surface area contributed by atoms with Crippen LogP contribution in [0.15, 0.2) is 158 Å². The lowest BCUT2D eigenvalue weighted by molar-refractivity contribution is -0.288. The Morgan fingerprint density at radius 3 is 0.825 bits per heavy atom. The Kier molecular flexibility index (Phi) is 11.3. The van der Waals surface area contributed by atoms with Gasteiger partial charge in [0, 0.05) is 0 Å². The summed E-state index contributed by atoms with van der Waals surface area (Å²) in [6.07, 6.45) is -12.4. The molecule has 0 radical (unpaired) electrons. The van der Waals surface area contributed by atoms with Crippen LogP contribution < -0.4 is 18.9 Å². The molecule has 0 bridgehead atoms. The maximum absolute atomic E-state index is 15.5. The summed E-state index contributed by atoms with van der Waals surface area (Å²) >= 11 is 0. The Bertz CT molecular complexity index is 2230. The molecular weight excluding hydrogens is 758 g/mol. The smallest absolute Gasteiger partial charge is 0.411 e. The van der Waals surface area contributed by atoms with Gasteiger partial charge in [-0.3, -0.25) is 0 Å². The largest absolute Gasteiger partial charge is 0.419 e. The van der Waals surface area contributed by atoms with Crippen LogP contribution in [0.2, 0.25) is 0 Å². The highest BCUT2D eigenvalue weighted by Crippen LogP contribution is 2.58. The average molecular weight is 785 g/mol. The highest BCUT2D eigenvalue weighted by molar-refractivity contribution is 5.94. The molecule has 0 unspecified atom stereocenters. The van der Waals surface area contributed by atoms with Crippen LogP contribution in [-0.4, -0.2) is 36.2 Å². The highest BCUT2D eigenvalue weighted by atomic mass is 19.4. The first-order chi connectivity index (χ1) is 27.2. The predicted molar refractivity (Wildman–Crippen MR) is 191 cm³/mol. The third-order valence-corrected chi connectivity index (χ3v) is 8.45. The first-order valence-electron chi connectivity index (χ1n) is 16.7. The summed E-state index contributed by atoms with van der Waals surface area (Å²) in [4.78, 5) is 52.2. The van der Waals surface area contributed by atoms with Gasteiger partial charge in [-0.05, 0) is 83.9 Å². The second kappa shape index (κ2) is 16.3. The van der Waals surface area contributed by atoms with Gasteiger partial charge in [0.2, 0.25) is 5.41 Å². The Morgan fingerprint density at radius 1 is 0.333 bits per heavy atom. The van der Waals surface area contributed by atoms with Crippen LogP contribution in [0.3, 0.4) is 0 Å². The fraction of sp³-hybridized carbons (Fsp3) is 0.0698. The average Bonchev–Trinajstić information content (AvgIpc) is 3.20. The lowest BCUT2D eigenvalue weighted by Crippen LogP contribution is -2.54. The summed E-state index contributed by atoms with van der Waals surface area (Å²) in [5.41, 5.74) is -8.34. The van der Waals surface area contributed by atoms with Crippen molar-refractivity contribution in [3.8, 4) is 23.0 Å². The maximum Gasteiger partial charge on any atom is 0.411 e. The molecule has 0 aliphatic carbocycles. The molecule has 0 N–H and O–H groups in total. The number of rotatable bonds is 10. The van der Waals surface area contributed by atoms with Crippen LogP contribution in [0.5, 0.6) is 23.0 Å². The number of hydrogen-bond donors (Lipinski definition) is 0. The molecule has 0 spiro atoms. The van der Waals surface area contributed by atoms with Crippen molar-refractivity contribution in [3.63, 3.8) is 0 Å². The number of carbonyl (C=O) groups excluding carboxylic acids is 4. The summed E-state index contributed by atoms with van der Waals surface area (Å²) in [5, 5.41) is 0. The van der Waals surface area contributed by atoms with E-state index in [9.17, 15) is 19.2 Å². The lowest BCUT2D eigenvalue weighted by atomic mass is 9.72. The third-order valence-electron chi connectivity index (χ3n) is 8.45. The molecule has 57 heavy (non-hydrogen) atoms. The van der Waals surface area contributed by atoms with Crippen molar-refractivity contribution in [2.24, 2.45) is 0 Å². The number of ether oxygens (including phenoxy) is 4. The zero-order valence-corrected chi connectivity index (χ0v) is 29.0. The second-order valence-corrected chi connectivity index (χ2v) is 12.1. The van der Waals surface area contributed by atoms with E-state index in [1.165, 1.54) is 97.1 Å². The van der Waals surface area contributed by atoms with E-state index < -0.39 is 75.8 Å². The van der Waals surface area contributed by atoms with Crippen LogP contribution in [0.1, 0.15) is 52.6 Å². The minimum atomic E-state index is -6.21. The van der Waals surface area contributed by atoms with E-state index in [-0.39, 0.29) is 34.4 Å². The van der Waals surface area contributed by atoms with Gasteiger partial charge in [0.1, 0.15) is 0 Å². The van der Waals surface area contributed by atoms with Gasteiger partial charge in [0.15, 0.2) is 23.0 Å². The zero-order valence-electron chi connectivity index (χ0n) is 29.0. The topological polar surface area (TPSA) is 105 Å². The van der Waals surface area contributed by atoms with Gasteiger partial charge in [0.05, 0.1) is 22.3 Å². The molecule has 6 aromatic carbocycles. The van der Waals surface area contributed by atoms with E-state index in [1.54, 1.807) is 24.3 Å². The molecule has 288 valence electrons. The van der Waals surface area contributed by atoms with Gasteiger partial charge in [-0.2, -0.15) is 26.3 Å². The van der Waals surface area contributed by atoms with Crippen molar-refractivity contribution in [2.75, 3.05) is 0 Å². The highest BCUT2D eigenvalue weighted by Gasteiger charge is 2.73. The summed E-state index contributed by atoms with van der Waals surface area (Å²) in [5.74, 6) is -7.83. The Morgan fingerprint density at radius 2 is 0.579 bits per heavy atom. The first-order valence-corrected chi connectivity index (χ1v) is 16.7. The van der Waals surface area contributed by atoms with E-state index in [2.05, 4.69) is 0 Å². The molecule has 0 fully saturated rings. The van der Waals surface area contributed by atoms with E-state index in [4.69, 9.17) is 18.9 Å². The van der Waals surface area contributed by atoms with Crippen molar-refractivity contribution in [1.29, 1.82) is 0 Å². The van der Waals surface area contributed by atoms with Gasteiger partial charge in [0.25, 0.3) is 0 Å².